The van der Waals surface area contributed by atoms with Crippen LogP contribution in [0.4, 0.5) is 5.00 Å². The van der Waals surface area contributed by atoms with Crippen molar-refractivity contribution in [3.8, 4) is 0 Å². The van der Waals surface area contributed by atoms with Crippen molar-refractivity contribution in [1.29, 1.82) is 0 Å². The maximum atomic E-state index is 12.5. The summed E-state index contributed by atoms with van der Waals surface area (Å²) in [5, 5.41) is 3.54. The predicted octanol–water partition coefficient (Wildman–Crippen LogP) is 3.64. The predicted molar refractivity (Wildman–Crippen MR) is 98.1 cm³/mol. The van der Waals surface area contributed by atoms with Crippen molar-refractivity contribution in [3.05, 3.63) is 50.9 Å². The molecule has 3 rings (SSSR count). The van der Waals surface area contributed by atoms with Gasteiger partial charge in [-0.1, -0.05) is 17.7 Å². The fourth-order valence-corrected chi connectivity index (χ4v) is 4.49. The van der Waals surface area contributed by atoms with E-state index < -0.39 is 23.8 Å². The molecule has 0 aliphatic heterocycles. The third-order valence-corrected chi connectivity index (χ3v) is 5.64. The third-order valence-electron chi connectivity index (χ3n) is 4.22. The Balaban J connectivity index is 1.99. The van der Waals surface area contributed by atoms with Gasteiger partial charge in [-0.25, -0.2) is 4.79 Å². The maximum absolute atomic E-state index is 12.5. The Morgan fingerprint density at radius 3 is 2.65 bits per heavy atom. The molecule has 0 saturated carbocycles. The van der Waals surface area contributed by atoms with Gasteiger partial charge in [0.15, 0.2) is 0 Å². The van der Waals surface area contributed by atoms with Gasteiger partial charge in [-0.2, -0.15) is 0 Å². The van der Waals surface area contributed by atoms with Crippen molar-refractivity contribution < 1.29 is 23.9 Å². The van der Waals surface area contributed by atoms with E-state index in [1.165, 1.54) is 31.6 Å². The van der Waals surface area contributed by atoms with Gasteiger partial charge >= 0.3 is 11.9 Å². The van der Waals surface area contributed by atoms with Crippen LogP contribution in [-0.4, -0.2) is 32.1 Å². The molecule has 2 aromatic rings. The van der Waals surface area contributed by atoms with Gasteiger partial charge in [0.1, 0.15) is 5.00 Å². The molecule has 1 amide bonds. The van der Waals surface area contributed by atoms with E-state index in [2.05, 4.69) is 5.32 Å². The Labute approximate surface area is 159 Å². The van der Waals surface area contributed by atoms with Crippen LogP contribution in [0.15, 0.2) is 24.3 Å². The molecule has 136 valence electrons. The number of thiophene rings is 1. The summed E-state index contributed by atoms with van der Waals surface area (Å²) in [5.41, 5.74) is 1.18. The van der Waals surface area contributed by atoms with E-state index in [4.69, 9.17) is 21.1 Å². The van der Waals surface area contributed by atoms with Crippen LogP contribution in [0.3, 0.4) is 0 Å². The topological polar surface area (TPSA) is 81.7 Å². The zero-order valence-corrected chi connectivity index (χ0v) is 15.7. The molecule has 1 aromatic heterocycles. The van der Waals surface area contributed by atoms with Crippen LogP contribution in [0.2, 0.25) is 5.02 Å². The van der Waals surface area contributed by atoms with Crippen LogP contribution in [-0.2, 0) is 20.7 Å². The molecule has 1 N–H and O–H groups in total. The lowest BCUT2D eigenvalue weighted by Crippen LogP contribution is -2.17. The van der Waals surface area contributed by atoms with E-state index >= 15 is 0 Å². The molecule has 0 saturated heterocycles. The molecule has 1 heterocycles. The Bertz CT molecular complexity index is 892. The molecule has 26 heavy (non-hydrogen) atoms. The van der Waals surface area contributed by atoms with Crippen LogP contribution < -0.4 is 5.32 Å². The first-order valence-corrected chi connectivity index (χ1v) is 9.04. The van der Waals surface area contributed by atoms with Crippen molar-refractivity contribution in [3.63, 3.8) is 0 Å². The first-order valence-electron chi connectivity index (χ1n) is 7.84. The van der Waals surface area contributed by atoms with E-state index in [0.717, 1.165) is 4.88 Å². The number of nitrogens with one attached hydrogen (secondary N) is 1. The number of esters is 2. The molecule has 0 spiro atoms. The largest absolute Gasteiger partial charge is 0.469 e. The third kappa shape index (κ3) is 3.32. The van der Waals surface area contributed by atoms with Crippen LogP contribution in [0, 0.1) is 0 Å². The lowest BCUT2D eigenvalue weighted by atomic mass is 9.99. The molecule has 0 radical (unpaired) electrons. The van der Waals surface area contributed by atoms with Gasteiger partial charge in [-0.15, -0.1) is 11.3 Å². The van der Waals surface area contributed by atoms with Crippen LogP contribution in [0.5, 0.6) is 0 Å². The standard InChI is InChI=1S/C18H16ClNO5S/c1-24-17(22)11-6-7-12-13(11)14(18(23)25-2)16(26-12)20-15(21)9-4-3-5-10(19)8-9/h3-5,8,11H,6-7H2,1-2H3,(H,20,21). The second-order valence-electron chi connectivity index (χ2n) is 5.71. The normalized spacial score (nSPS) is 15.3. The molecule has 1 aromatic carbocycles. The highest BCUT2D eigenvalue weighted by molar-refractivity contribution is 7.17. The molecule has 1 aliphatic rings. The number of hydrogen-bond donors (Lipinski definition) is 1. The minimum Gasteiger partial charge on any atom is -0.469 e. The Morgan fingerprint density at radius 2 is 2.00 bits per heavy atom. The molecule has 6 nitrogen and oxygen atoms in total. The highest BCUT2D eigenvalue weighted by Crippen LogP contribution is 2.46. The SMILES string of the molecule is COC(=O)c1c(NC(=O)c2cccc(Cl)c2)sc2c1C(C(=O)OC)CC2. The molecule has 1 aliphatic carbocycles. The number of halogens is 1. The van der Waals surface area contributed by atoms with E-state index in [-0.39, 0.29) is 5.56 Å². The number of amides is 1. The number of anilines is 1. The Morgan fingerprint density at radius 1 is 1.23 bits per heavy atom. The molecular formula is C18H16ClNO5S. The smallest absolute Gasteiger partial charge is 0.341 e. The van der Waals surface area contributed by atoms with E-state index in [1.54, 1.807) is 18.2 Å². The van der Waals surface area contributed by atoms with Gasteiger partial charge in [0.25, 0.3) is 5.91 Å². The highest BCUT2D eigenvalue weighted by atomic mass is 35.5. The van der Waals surface area contributed by atoms with Crippen molar-refractivity contribution >= 4 is 45.8 Å². The summed E-state index contributed by atoms with van der Waals surface area (Å²) < 4.78 is 9.72. The Kier molecular flexibility index (Phi) is 5.29. The van der Waals surface area contributed by atoms with Crippen molar-refractivity contribution in [1.82, 2.24) is 0 Å². The average molecular weight is 394 g/mol. The van der Waals surface area contributed by atoms with Gasteiger partial charge in [0, 0.05) is 15.5 Å². The first kappa shape index (κ1) is 18.4. The molecule has 1 atom stereocenters. The minimum absolute atomic E-state index is 0.218. The zero-order valence-electron chi connectivity index (χ0n) is 14.1. The van der Waals surface area contributed by atoms with Crippen LogP contribution >= 0.6 is 22.9 Å². The summed E-state index contributed by atoms with van der Waals surface area (Å²) in [7, 11) is 2.57. The highest BCUT2D eigenvalue weighted by Gasteiger charge is 2.38. The van der Waals surface area contributed by atoms with Crippen molar-refractivity contribution in [2.45, 2.75) is 18.8 Å². The summed E-state index contributed by atoms with van der Waals surface area (Å²) in [4.78, 5) is 37.8. The van der Waals surface area contributed by atoms with E-state index in [1.807, 2.05) is 0 Å². The fraction of sp³-hybridized carbons (Fsp3) is 0.278. The number of methoxy groups -OCH3 is 2. The number of aryl methyl sites for hydroxylation is 1. The quantitative estimate of drug-likeness (QED) is 0.802. The van der Waals surface area contributed by atoms with Crippen LogP contribution in [0.25, 0.3) is 0 Å². The van der Waals surface area contributed by atoms with Gasteiger partial charge in [0.05, 0.1) is 25.7 Å². The van der Waals surface area contributed by atoms with E-state index in [9.17, 15) is 14.4 Å². The lowest BCUT2D eigenvalue weighted by molar-refractivity contribution is -0.142. The van der Waals surface area contributed by atoms with E-state index in [0.29, 0.717) is 34.0 Å². The second kappa shape index (κ2) is 7.47. The lowest BCUT2D eigenvalue weighted by Gasteiger charge is -2.11. The van der Waals surface area contributed by atoms with Gasteiger partial charge in [-0.3, -0.25) is 9.59 Å². The molecule has 1 unspecified atom stereocenters. The maximum Gasteiger partial charge on any atom is 0.341 e. The van der Waals surface area contributed by atoms with Crippen molar-refractivity contribution in [2.75, 3.05) is 19.5 Å². The monoisotopic (exact) mass is 393 g/mol. The summed E-state index contributed by atoms with van der Waals surface area (Å²) >= 11 is 7.20. The minimum atomic E-state index is -0.598. The second-order valence-corrected chi connectivity index (χ2v) is 7.26. The number of rotatable bonds is 4. The van der Waals surface area contributed by atoms with Gasteiger partial charge in [-0.05, 0) is 36.6 Å². The number of ether oxygens (including phenoxy) is 2. The summed E-state index contributed by atoms with van der Waals surface area (Å²) in [6.07, 6.45) is 1.21. The molecule has 8 heteroatoms. The average Bonchev–Trinajstić information content (AvgIpc) is 3.19. The Hall–Kier alpha value is -2.38. The molecule has 0 bridgehead atoms. The van der Waals surface area contributed by atoms with Gasteiger partial charge < -0.3 is 14.8 Å². The van der Waals surface area contributed by atoms with Gasteiger partial charge in [0.2, 0.25) is 0 Å². The number of benzene rings is 1. The number of hydrogen-bond acceptors (Lipinski definition) is 6. The summed E-state index contributed by atoms with van der Waals surface area (Å²) in [6.45, 7) is 0. The zero-order chi connectivity index (χ0) is 18.8. The first-order chi connectivity index (χ1) is 12.5. The van der Waals surface area contributed by atoms with Crippen molar-refractivity contribution in [2.24, 2.45) is 0 Å². The molecule has 0 fully saturated rings. The number of carbonyl (C=O) groups excluding carboxylic acids is 3. The molecular weight excluding hydrogens is 378 g/mol. The number of fused-ring (bicyclic) bond motifs is 1. The summed E-state index contributed by atoms with van der Waals surface area (Å²) in [5.74, 6) is -1.93. The van der Waals surface area contributed by atoms with Crippen LogP contribution in [0.1, 0.15) is 43.5 Å². The fourth-order valence-electron chi connectivity index (χ4n) is 3.04. The summed E-state index contributed by atoms with van der Waals surface area (Å²) in [6, 6.07) is 6.49. The number of carbonyl (C=O) groups is 3.